The molecule has 0 saturated carbocycles. The normalized spacial score (nSPS) is 18.5. The Morgan fingerprint density at radius 3 is 2.41 bits per heavy atom. The summed E-state index contributed by atoms with van der Waals surface area (Å²) in [6.07, 6.45) is 5.14. The zero-order valence-electron chi connectivity index (χ0n) is 16.4. The summed E-state index contributed by atoms with van der Waals surface area (Å²) >= 11 is 0. The molecule has 1 aromatic rings. The molecule has 152 valence electrons. The fourth-order valence-corrected chi connectivity index (χ4v) is 3.87. The van der Waals surface area contributed by atoms with Gasteiger partial charge in [0.2, 0.25) is 0 Å². The van der Waals surface area contributed by atoms with Gasteiger partial charge in [-0.1, -0.05) is 12.1 Å². The third-order valence-electron chi connectivity index (χ3n) is 5.37. The molecule has 0 atom stereocenters. The summed E-state index contributed by atoms with van der Waals surface area (Å²) in [6, 6.07) is 7.03. The molecule has 2 aliphatic heterocycles. The van der Waals surface area contributed by atoms with Gasteiger partial charge >= 0.3 is 0 Å². The average molecular weight is 489 g/mol. The Morgan fingerprint density at radius 2 is 1.74 bits per heavy atom. The van der Waals surface area contributed by atoms with Crippen LogP contribution in [-0.4, -0.2) is 75.2 Å². The number of piperazine rings is 1. The van der Waals surface area contributed by atoms with Crippen molar-refractivity contribution in [1.82, 2.24) is 15.1 Å². The molecule has 5 nitrogen and oxygen atoms in total. The Balaban J connectivity index is 0.00000261. The van der Waals surface area contributed by atoms with Crippen molar-refractivity contribution in [2.75, 3.05) is 64.3 Å². The average Bonchev–Trinajstić information content (AvgIpc) is 3.19. The zero-order valence-corrected chi connectivity index (χ0v) is 18.7. The van der Waals surface area contributed by atoms with Crippen molar-refractivity contribution in [2.45, 2.75) is 25.7 Å². The third kappa shape index (κ3) is 6.48. The van der Waals surface area contributed by atoms with Gasteiger partial charge in [0, 0.05) is 39.8 Å². The first-order chi connectivity index (χ1) is 12.8. The van der Waals surface area contributed by atoms with Gasteiger partial charge in [-0.15, -0.1) is 24.0 Å². The first kappa shape index (κ1) is 22.2. The van der Waals surface area contributed by atoms with Gasteiger partial charge in [-0.2, -0.15) is 0 Å². The summed E-state index contributed by atoms with van der Waals surface area (Å²) in [5.74, 6) is 0.834. The zero-order chi connectivity index (χ0) is 18.2. The van der Waals surface area contributed by atoms with Crippen LogP contribution in [0.1, 0.15) is 25.7 Å². The van der Waals surface area contributed by atoms with Crippen LogP contribution in [0.5, 0.6) is 0 Å². The number of guanidine groups is 1. The highest BCUT2D eigenvalue weighted by Gasteiger charge is 2.21. The van der Waals surface area contributed by atoms with Gasteiger partial charge in [0.25, 0.3) is 0 Å². The predicted octanol–water partition coefficient (Wildman–Crippen LogP) is 3.02. The van der Waals surface area contributed by atoms with Crippen LogP contribution in [-0.2, 0) is 0 Å². The highest BCUT2D eigenvalue weighted by atomic mass is 127. The quantitative estimate of drug-likeness (QED) is 0.289. The molecule has 2 aliphatic rings. The molecule has 1 N–H and O–H groups in total. The fraction of sp³-hybridized carbons (Fsp3) is 0.650. The van der Waals surface area contributed by atoms with Gasteiger partial charge in [0.05, 0.1) is 5.69 Å². The van der Waals surface area contributed by atoms with Crippen molar-refractivity contribution in [2.24, 2.45) is 4.99 Å². The van der Waals surface area contributed by atoms with Crippen LogP contribution in [0.25, 0.3) is 0 Å². The smallest absolute Gasteiger partial charge is 0.193 e. The molecule has 2 fully saturated rings. The molecule has 0 spiro atoms. The summed E-state index contributed by atoms with van der Waals surface area (Å²) in [6.45, 7) is 8.11. The second-order valence-electron chi connectivity index (χ2n) is 7.16. The number of rotatable bonds is 6. The molecular formula is C20H33FIN5. The van der Waals surface area contributed by atoms with Crippen molar-refractivity contribution < 1.29 is 4.39 Å². The largest absolute Gasteiger partial charge is 0.366 e. The minimum atomic E-state index is -0.138. The van der Waals surface area contributed by atoms with Gasteiger partial charge in [-0.25, -0.2) is 4.39 Å². The van der Waals surface area contributed by atoms with Crippen molar-refractivity contribution >= 4 is 35.6 Å². The number of unbranched alkanes of at least 4 members (excludes halogenated alkanes) is 1. The number of anilines is 1. The summed E-state index contributed by atoms with van der Waals surface area (Å²) in [7, 11) is 1.84. The van der Waals surface area contributed by atoms with Crippen LogP contribution in [0.4, 0.5) is 10.1 Å². The molecule has 0 bridgehead atoms. The Labute approximate surface area is 180 Å². The van der Waals surface area contributed by atoms with E-state index in [1.807, 2.05) is 19.2 Å². The second-order valence-corrected chi connectivity index (χ2v) is 7.16. The molecule has 0 amide bonds. The first-order valence-corrected chi connectivity index (χ1v) is 9.95. The summed E-state index contributed by atoms with van der Waals surface area (Å²) < 4.78 is 14.0. The maximum absolute atomic E-state index is 14.0. The van der Waals surface area contributed by atoms with Gasteiger partial charge in [0.15, 0.2) is 5.96 Å². The van der Waals surface area contributed by atoms with Crippen LogP contribution in [0.2, 0.25) is 0 Å². The van der Waals surface area contributed by atoms with Crippen molar-refractivity contribution in [3.05, 3.63) is 30.1 Å². The van der Waals surface area contributed by atoms with Crippen LogP contribution in [0.3, 0.4) is 0 Å². The highest BCUT2D eigenvalue weighted by molar-refractivity contribution is 14.0. The Morgan fingerprint density at radius 1 is 1.04 bits per heavy atom. The van der Waals surface area contributed by atoms with Gasteiger partial charge in [-0.05, 0) is 57.5 Å². The van der Waals surface area contributed by atoms with E-state index in [0.717, 1.165) is 38.7 Å². The van der Waals surface area contributed by atoms with E-state index in [0.29, 0.717) is 5.69 Å². The Kier molecular flexibility index (Phi) is 9.61. The van der Waals surface area contributed by atoms with Crippen LogP contribution >= 0.6 is 24.0 Å². The topological polar surface area (TPSA) is 34.1 Å². The monoisotopic (exact) mass is 489 g/mol. The lowest BCUT2D eigenvalue weighted by molar-refractivity contribution is 0.329. The van der Waals surface area contributed by atoms with E-state index >= 15 is 0 Å². The van der Waals surface area contributed by atoms with Crippen molar-refractivity contribution in [3.63, 3.8) is 0 Å². The van der Waals surface area contributed by atoms with E-state index in [-0.39, 0.29) is 29.8 Å². The highest BCUT2D eigenvalue weighted by Crippen LogP contribution is 2.20. The molecule has 0 unspecified atom stereocenters. The van der Waals surface area contributed by atoms with Crippen LogP contribution < -0.4 is 10.2 Å². The molecule has 27 heavy (non-hydrogen) atoms. The maximum Gasteiger partial charge on any atom is 0.193 e. The standard InChI is InChI=1S/C20H32FN5.HI/c1-22-20(23-10-4-5-11-24-12-6-7-13-24)26-16-14-25(15-17-26)19-9-3-2-8-18(19)21;/h2-3,8-9H,4-7,10-17H2,1H3,(H,22,23);1H. The number of halogens is 2. The number of nitrogens with one attached hydrogen (secondary N) is 1. The van der Waals surface area contributed by atoms with Crippen LogP contribution in [0, 0.1) is 5.82 Å². The number of aliphatic imine (C=N–C) groups is 1. The lowest BCUT2D eigenvalue weighted by Crippen LogP contribution is -2.52. The van der Waals surface area contributed by atoms with E-state index in [9.17, 15) is 4.39 Å². The third-order valence-corrected chi connectivity index (χ3v) is 5.37. The number of para-hydroxylation sites is 1. The molecular weight excluding hydrogens is 456 g/mol. The molecule has 2 saturated heterocycles. The molecule has 3 rings (SSSR count). The SMILES string of the molecule is CN=C(NCCCCN1CCCC1)N1CCN(c2ccccc2F)CC1.I. The minimum Gasteiger partial charge on any atom is -0.366 e. The predicted molar refractivity (Wildman–Crippen MR) is 122 cm³/mol. The van der Waals surface area contributed by atoms with E-state index < -0.39 is 0 Å². The van der Waals surface area contributed by atoms with Gasteiger partial charge < -0.3 is 20.0 Å². The number of hydrogen-bond acceptors (Lipinski definition) is 3. The van der Waals surface area contributed by atoms with Crippen molar-refractivity contribution in [1.29, 1.82) is 0 Å². The maximum atomic E-state index is 14.0. The molecule has 0 aliphatic carbocycles. The summed E-state index contributed by atoms with van der Waals surface area (Å²) in [5.41, 5.74) is 0.706. The lowest BCUT2D eigenvalue weighted by atomic mass is 10.2. The van der Waals surface area contributed by atoms with Gasteiger partial charge in [-0.3, -0.25) is 4.99 Å². The fourth-order valence-electron chi connectivity index (χ4n) is 3.87. The minimum absolute atomic E-state index is 0. The molecule has 1 aromatic carbocycles. The number of hydrogen-bond donors (Lipinski definition) is 1. The molecule has 7 heteroatoms. The number of likely N-dealkylation sites (tertiary alicyclic amines) is 1. The van der Waals surface area contributed by atoms with E-state index in [1.165, 1.54) is 51.4 Å². The summed E-state index contributed by atoms with van der Waals surface area (Å²) in [4.78, 5) is 11.4. The second kappa shape index (κ2) is 11.7. The first-order valence-electron chi connectivity index (χ1n) is 9.95. The van der Waals surface area contributed by atoms with E-state index in [1.54, 1.807) is 6.07 Å². The molecule has 0 aromatic heterocycles. The summed E-state index contributed by atoms with van der Waals surface area (Å²) in [5, 5.41) is 3.50. The van der Waals surface area contributed by atoms with Crippen LogP contribution in [0.15, 0.2) is 29.3 Å². The lowest BCUT2D eigenvalue weighted by Gasteiger charge is -2.37. The molecule has 0 radical (unpaired) electrons. The Bertz CT molecular complexity index is 583. The number of nitrogens with zero attached hydrogens (tertiary/aromatic N) is 4. The number of benzene rings is 1. The van der Waals surface area contributed by atoms with Crippen molar-refractivity contribution in [3.8, 4) is 0 Å². The van der Waals surface area contributed by atoms with Gasteiger partial charge in [0.1, 0.15) is 5.82 Å². The molecule has 2 heterocycles. The van der Waals surface area contributed by atoms with E-state index in [4.69, 9.17) is 0 Å². The van der Waals surface area contributed by atoms with E-state index in [2.05, 4.69) is 25.0 Å². The Hall–Kier alpha value is -1.09.